The van der Waals surface area contributed by atoms with E-state index in [0.29, 0.717) is 22.2 Å². The van der Waals surface area contributed by atoms with E-state index in [1.54, 1.807) is 6.92 Å². The van der Waals surface area contributed by atoms with Crippen LogP contribution in [0.4, 0.5) is 0 Å². The number of halogens is 1. The maximum Gasteiger partial charge on any atom is 0.342 e. The van der Waals surface area contributed by atoms with Gasteiger partial charge in [-0.25, -0.2) is 4.79 Å². The molecule has 112 valence electrons. The van der Waals surface area contributed by atoms with Crippen molar-refractivity contribution in [1.82, 2.24) is 14.2 Å². The topological polar surface area (TPSA) is 45.7 Å². The van der Waals surface area contributed by atoms with Crippen LogP contribution in [0.15, 0.2) is 0 Å². The summed E-state index contributed by atoms with van der Waals surface area (Å²) in [7, 11) is 2.14. The molecule has 1 aromatic rings. The summed E-state index contributed by atoms with van der Waals surface area (Å²) in [6, 6.07) is 0. The van der Waals surface area contributed by atoms with Crippen LogP contribution in [-0.2, 0) is 4.74 Å². The summed E-state index contributed by atoms with van der Waals surface area (Å²) in [6.07, 6.45) is 0.851. The monoisotopic (exact) mass is 317 g/mol. The Balaban J connectivity index is 1.67. The number of esters is 1. The molecular weight excluding hydrogens is 298 g/mol. The van der Waals surface area contributed by atoms with Crippen LogP contribution in [0.1, 0.15) is 22.5 Å². The lowest BCUT2D eigenvalue weighted by Crippen LogP contribution is -2.44. The number of nitrogens with zero attached hydrogens (tertiary/aromatic N) is 3. The number of piperazine rings is 1. The predicted octanol–water partition coefficient (Wildman–Crippen LogP) is 1.90. The Labute approximate surface area is 128 Å². The minimum Gasteiger partial charge on any atom is -0.462 e. The van der Waals surface area contributed by atoms with Crippen LogP contribution in [-0.4, -0.2) is 66.5 Å². The molecule has 0 aromatic carbocycles. The van der Waals surface area contributed by atoms with Gasteiger partial charge in [0.1, 0.15) is 9.90 Å². The van der Waals surface area contributed by atoms with Crippen molar-refractivity contribution in [3.05, 3.63) is 15.6 Å². The molecule has 0 radical (unpaired) electrons. The number of likely N-dealkylation sites (N-methyl/N-ethyl adjacent to an activating group) is 1. The van der Waals surface area contributed by atoms with E-state index < -0.39 is 0 Å². The molecule has 5 nitrogen and oxygen atoms in total. The fraction of sp³-hybridized carbons (Fsp3) is 0.692. The highest BCUT2D eigenvalue weighted by Gasteiger charge is 2.18. The molecule has 1 aliphatic rings. The van der Waals surface area contributed by atoms with Gasteiger partial charge in [-0.1, -0.05) is 11.6 Å². The Bertz CT molecular complexity index is 439. The van der Waals surface area contributed by atoms with E-state index in [0.717, 1.165) is 50.7 Å². The maximum atomic E-state index is 11.9. The molecule has 2 heterocycles. The van der Waals surface area contributed by atoms with E-state index in [9.17, 15) is 4.79 Å². The van der Waals surface area contributed by atoms with Gasteiger partial charge in [-0.05, 0) is 31.9 Å². The molecule has 7 heteroatoms. The SMILES string of the molecule is Cc1nsc(Cl)c1C(=O)OCCCN1CCN(C)CC1. The predicted molar refractivity (Wildman–Crippen MR) is 80.7 cm³/mol. The van der Waals surface area contributed by atoms with Gasteiger partial charge in [-0.2, -0.15) is 4.37 Å². The number of carbonyl (C=O) groups is 1. The van der Waals surface area contributed by atoms with E-state index in [4.69, 9.17) is 16.3 Å². The first-order valence-corrected chi connectivity index (χ1v) is 7.93. The Morgan fingerprint density at radius 2 is 2.10 bits per heavy atom. The second-order valence-electron chi connectivity index (χ2n) is 5.05. The maximum absolute atomic E-state index is 11.9. The molecule has 1 fully saturated rings. The molecule has 0 spiro atoms. The number of hydrogen-bond acceptors (Lipinski definition) is 6. The number of carbonyl (C=O) groups excluding carboxylic acids is 1. The quantitative estimate of drug-likeness (QED) is 0.613. The average Bonchev–Trinajstić information content (AvgIpc) is 2.76. The van der Waals surface area contributed by atoms with Gasteiger partial charge in [-0.15, -0.1) is 0 Å². The summed E-state index contributed by atoms with van der Waals surface area (Å²) in [6.45, 7) is 7.55. The summed E-state index contributed by atoms with van der Waals surface area (Å²) in [5, 5.41) is 0. The van der Waals surface area contributed by atoms with E-state index in [2.05, 4.69) is 21.2 Å². The van der Waals surface area contributed by atoms with Gasteiger partial charge in [0, 0.05) is 32.7 Å². The standard InChI is InChI=1S/C13H20ClN3O2S/c1-10-11(12(14)20-15-10)13(18)19-9-3-4-17-7-5-16(2)6-8-17/h3-9H2,1-2H3. The highest BCUT2D eigenvalue weighted by molar-refractivity contribution is 7.11. The minimum absolute atomic E-state index is 0.361. The first-order valence-electron chi connectivity index (χ1n) is 6.77. The van der Waals surface area contributed by atoms with Gasteiger partial charge >= 0.3 is 5.97 Å². The van der Waals surface area contributed by atoms with Crippen LogP contribution >= 0.6 is 23.1 Å². The van der Waals surface area contributed by atoms with Crippen LogP contribution in [0.5, 0.6) is 0 Å². The Morgan fingerprint density at radius 1 is 1.40 bits per heavy atom. The largest absolute Gasteiger partial charge is 0.462 e. The molecule has 1 aliphatic heterocycles. The lowest BCUT2D eigenvalue weighted by atomic mass is 10.3. The molecule has 0 saturated carbocycles. The second kappa shape index (κ2) is 7.36. The average molecular weight is 318 g/mol. The van der Waals surface area contributed by atoms with Gasteiger partial charge < -0.3 is 14.5 Å². The molecule has 0 N–H and O–H groups in total. The summed E-state index contributed by atoms with van der Waals surface area (Å²) >= 11 is 7.05. The van der Waals surface area contributed by atoms with Crippen molar-refractivity contribution in [2.75, 3.05) is 46.4 Å². The first-order chi connectivity index (χ1) is 9.58. The Morgan fingerprint density at radius 3 is 2.70 bits per heavy atom. The molecule has 1 aromatic heterocycles. The summed E-state index contributed by atoms with van der Waals surface area (Å²) in [5.41, 5.74) is 1.06. The van der Waals surface area contributed by atoms with E-state index in [1.165, 1.54) is 0 Å². The number of aryl methyl sites for hydroxylation is 1. The molecule has 0 atom stereocenters. The van der Waals surface area contributed by atoms with Crippen molar-refractivity contribution in [1.29, 1.82) is 0 Å². The van der Waals surface area contributed by atoms with Gasteiger partial charge in [0.25, 0.3) is 0 Å². The number of ether oxygens (including phenoxy) is 1. The zero-order chi connectivity index (χ0) is 14.5. The number of aromatic nitrogens is 1. The van der Waals surface area contributed by atoms with Crippen molar-refractivity contribution in [3.63, 3.8) is 0 Å². The van der Waals surface area contributed by atoms with Crippen molar-refractivity contribution in [2.45, 2.75) is 13.3 Å². The van der Waals surface area contributed by atoms with Crippen LogP contribution in [0, 0.1) is 6.92 Å². The second-order valence-corrected chi connectivity index (χ2v) is 6.43. The zero-order valence-corrected chi connectivity index (χ0v) is 13.5. The number of hydrogen-bond donors (Lipinski definition) is 0. The van der Waals surface area contributed by atoms with Crippen molar-refractivity contribution in [3.8, 4) is 0 Å². The van der Waals surface area contributed by atoms with E-state index >= 15 is 0 Å². The third-order valence-electron chi connectivity index (χ3n) is 3.47. The molecule has 20 heavy (non-hydrogen) atoms. The van der Waals surface area contributed by atoms with Crippen molar-refractivity contribution >= 4 is 29.1 Å². The van der Waals surface area contributed by atoms with Crippen LogP contribution < -0.4 is 0 Å². The highest BCUT2D eigenvalue weighted by atomic mass is 35.5. The zero-order valence-electron chi connectivity index (χ0n) is 11.9. The fourth-order valence-electron chi connectivity index (χ4n) is 2.17. The fourth-order valence-corrected chi connectivity index (χ4v) is 3.11. The lowest BCUT2D eigenvalue weighted by Gasteiger charge is -2.32. The third kappa shape index (κ3) is 4.15. The normalized spacial score (nSPS) is 17.4. The van der Waals surface area contributed by atoms with Gasteiger partial charge in [-0.3, -0.25) is 0 Å². The molecule has 2 rings (SSSR count). The lowest BCUT2D eigenvalue weighted by molar-refractivity contribution is 0.0479. The summed E-state index contributed by atoms with van der Waals surface area (Å²) in [5.74, 6) is -0.361. The van der Waals surface area contributed by atoms with Crippen LogP contribution in [0.3, 0.4) is 0 Å². The Kier molecular flexibility index (Phi) is 5.77. The molecule has 0 amide bonds. The third-order valence-corrected chi connectivity index (χ3v) is 4.60. The summed E-state index contributed by atoms with van der Waals surface area (Å²) in [4.78, 5) is 16.6. The highest BCUT2D eigenvalue weighted by Crippen LogP contribution is 2.24. The minimum atomic E-state index is -0.361. The van der Waals surface area contributed by atoms with Crippen molar-refractivity contribution in [2.24, 2.45) is 0 Å². The van der Waals surface area contributed by atoms with Gasteiger partial charge in [0.05, 0.1) is 12.3 Å². The molecule has 1 saturated heterocycles. The smallest absolute Gasteiger partial charge is 0.342 e. The summed E-state index contributed by atoms with van der Waals surface area (Å²) < 4.78 is 9.72. The first kappa shape index (κ1) is 15.7. The van der Waals surface area contributed by atoms with Gasteiger partial charge in [0.2, 0.25) is 0 Å². The van der Waals surface area contributed by atoms with Crippen LogP contribution in [0.2, 0.25) is 4.34 Å². The molecule has 0 unspecified atom stereocenters. The van der Waals surface area contributed by atoms with Gasteiger partial charge in [0.15, 0.2) is 0 Å². The van der Waals surface area contributed by atoms with E-state index in [-0.39, 0.29) is 5.97 Å². The van der Waals surface area contributed by atoms with Crippen LogP contribution in [0.25, 0.3) is 0 Å². The number of rotatable bonds is 5. The molecule has 0 bridgehead atoms. The molecular formula is C13H20ClN3O2S. The van der Waals surface area contributed by atoms with E-state index in [1.807, 2.05) is 0 Å². The molecule has 0 aliphatic carbocycles. The Hall–Kier alpha value is -0.690. The van der Waals surface area contributed by atoms with Crippen molar-refractivity contribution < 1.29 is 9.53 Å².